The van der Waals surface area contributed by atoms with E-state index in [0.29, 0.717) is 31.7 Å². The zero-order chi connectivity index (χ0) is 22.8. The molecular formula is C26H24FN3O3. The third-order valence-electron chi connectivity index (χ3n) is 6.12. The molecule has 3 aromatic rings. The molecule has 33 heavy (non-hydrogen) atoms. The maximum absolute atomic E-state index is 13.6. The molecule has 0 aromatic heterocycles. The van der Waals surface area contributed by atoms with Crippen molar-refractivity contribution in [3.8, 4) is 0 Å². The van der Waals surface area contributed by atoms with Crippen molar-refractivity contribution in [2.24, 2.45) is 0 Å². The van der Waals surface area contributed by atoms with Gasteiger partial charge in [0.05, 0.1) is 18.8 Å². The van der Waals surface area contributed by atoms with Gasteiger partial charge in [0.15, 0.2) is 0 Å². The van der Waals surface area contributed by atoms with Gasteiger partial charge in [0.1, 0.15) is 11.4 Å². The van der Waals surface area contributed by atoms with Crippen molar-refractivity contribution >= 4 is 29.1 Å². The number of amides is 2. The molecule has 2 saturated heterocycles. The first-order valence-corrected chi connectivity index (χ1v) is 10.9. The summed E-state index contributed by atoms with van der Waals surface area (Å²) in [5, 5.41) is 0. The van der Waals surface area contributed by atoms with Crippen LogP contribution in [-0.2, 0) is 9.53 Å². The predicted molar refractivity (Wildman–Crippen MR) is 124 cm³/mol. The molecule has 2 fully saturated rings. The molecule has 2 aliphatic rings. The van der Waals surface area contributed by atoms with Gasteiger partial charge in [-0.1, -0.05) is 42.5 Å². The Morgan fingerprint density at radius 2 is 1.61 bits per heavy atom. The Morgan fingerprint density at radius 1 is 0.939 bits per heavy atom. The number of halogens is 1. The Balaban J connectivity index is 1.30. The second-order valence-electron chi connectivity index (χ2n) is 8.48. The van der Waals surface area contributed by atoms with E-state index in [1.165, 1.54) is 17.0 Å². The van der Waals surface area contributed by atoms with Crippen LogP contribution in [0.4, 0.5) is 26.2 Å². The van der Waals surface area contributed by atoms with E-state index in [-0.39, 0.29) is 12.5 Å². The highest BCUT2D eigenvalue weighted by molar-refractivity contribution is 6.01. The van der Waals surface area contributed by atoms with Gasteiger partial charge in [0.2, 0.25) is 5.91 Å². The molecule has 0 radical (unpaired) electrons. The average molecular weight is 445 g/mol. The summed E-state index contributed by atoms with van der Waals surface area (Å²) in [6.45, 7) is 1.62. The van der Waals surface area contributed by atoms with Crippen LogP contribution in [0.25, 0.3) is 0 Å². The summed E-state index contributed by atoms with van der Waals surface area (Å²) < 4.78 is 19.4. The van der Waals surface area contributed by atoms with Crippen LogP contribution in [0.5, 0.6) is 0 Å². The second-order valence-corrected chi connectivity index (χ2v) is 8.48. The highest BCUT2D eigenvalue weighted by Gasteiger charge is 2.50. The fourth-order valence-corrected chi connectivity index (χ4v) is 4.59. The van der Waals surface area contributed by atoms with Gasteiger partial charge in [-0.15, -0.1) is 0 Å². The summed E-state index contributed by atoms with van der Waals surface area (Å²) >= 11 is 0. The van der Waals surface area contributed by atoms with Gasteiger partial charge in [-0.05, 0) is 42.5 Å². The molecule has 2 aliphatic heterocycles. The van der Waals surface area contributed by atoms with Crippen LogP contribution in [-0.4, -0.2) is 48.7 Å². The molecule has 1 atom stereocenters. The highest BCUT2D eigenvalue weighted by atomic mass is 19.1. The molecule has 168 valence electrons. The second kappa shape index (κ2) is 8.67. The molecule has 3 aromatic carbocycles. The maximum atomic E-state index is 13.6. The minimum absolute atomic E-state index is 0.0595. The number of nitrogens with zero attached hydrogens (tertiary/aromatic N) is 3. The van der Waals surface area contributed by atoms with Crippen LogP contribution in [0.1, 0.15) is 6.42 Å². The van der Waals surface area contributed by atoms with Gasteiger partial charge in [0.25, 0.3) is 0 Å². The Labute approximate surface area is 191 Å². The van der Waals surface area contributed by atoms with Crippen molar-refractivity contribution in [3.63, 3.8) is 0 Å². The van der Waals surface area contributed by atoms with E-state index in [0.717, 1.165) is 11.4 Å². The average Bonchev–Trinajstić information content (AvgIpc) is 3.36. The van der Waals surface area contributed by atoms with Crippen molar-refractivity contribution in [3.05, 3.63) is 90.7 Å². The van der Waals surface area contributed by atoms with Gasteiger partial charge in [0, 0.05) is 30.9 Å². The minimum atomic E-state index is -0.700. The van der Waals surface area contributed by atoms with Crippen molar-refractivity contribution in [2.45, 2.75) is 12.0 Å². The van der Waals surface area contributed by atoms with Gasteiger partial charge < -0.3 is 4.74 Å². The first-order valence-electron chi connectivity index (χ1n) is 10.9. The molecule has 7 heteroatoms. The number of rotatable bonds is 5. The van der Waals surface area contributed by atoms with Crippen LogP contribution >= 0.6 is 0 Å². The quantitative estimate of drug-likeness (QED) is 0.576. The number of para-hydroxylation sites is 2. The number of hydrogen-bond acceptors (Lipinski definition) is 4. The van der Waals surface area contributed by atoms with Gasteiger partial charge >= 0.3 is 6.09 Å². The van der Waals surface area contributed by atoms with E-state index >= 15 is 0 Å². The monoisotopic (exact) mass is 445 g/mol. The van der Waals surface area contributed by atoms with E-state index < -0.39 is 17.5 Å². The summed E-state index contributed by atoms with van der Waals surface area (Å²) in [6, 6.07) is 25.0. The first kappa shape index (κ1) is 21.2. The van der Waals surface area contributed by atoms with E-state index in [4.69, 9.17) is 4.74 Å². The Bertz CT molecular complexity index is 1120. The molecule has 1 spiro atoms. The summed E-state index contributed by atoms with van der Waals surface area (Å²) in [6.07, 6.45) is 0.137. The zero-order valence-electron chi connectivity index (χ0n) is 18.1. The molecule has 6 nitrogen and oxygen atoms in total. The number of ether oxygens (including phenoxy) is 1. The van der Waals surface area contributed by atoms with Crippen molar-refractivity contribution in [1.82, 2.24) is 4.90 Å². The number of carbonyl (C=O) groups is 2. The lowest BCUT2D eigenvalue weighted by Gasteiger charge is -2.26. The standard InChI is InChI=1S/C26H24FN3O3/c27-20-8-7-13-23(16-20)29-19-26(33-25(29)32)14-15-28(18-26)17-24(31)30(21-9-3-1-4-10-21)22-11-5-2-6-12-22/h1-13,16H,14-15,17-19H2. The molecule has 0 saturated carbocycles. The molecule has 2 amide bonds. The third-order valence-corrected chi connectivity index (χ3v) is 6.12. The summed E-state index contributed by atoms with van der Waals surface area (Å²) in [5.41, 5.74) is 1.37. The fourth-order valence-electron chi connectivity index (χ4n) is 4.59. The van der Waals surface area contributed by atoms with Gasteiger partial charge in [-0.3, -0.25) is 19.5 Å². The van der Waals surface area contributed by atoms with Crippen LogP contribution in [0, 0.1) is 5.82 Å². The number of benzene rings is 3. The summed E-state index contributed by atoms with van der Waals surface area (Å²) in [5.74, 6) is -0.461. The SMILES string of the molecule is O=C1OC2(CCN(CC(=O)N(c3ccccc3)c3ccccc3)C2)CN1c1cccc(F)c1. The maximum Gasteiger partial charge on any atom is 0.415 e. The third kappa shape index (κ3) is 4.32. The smallest absolute Gasteiger partial charge is 0.415 e. The van der Waals surface area contributed by atoms with E-state index in [1.807, 2.05) is 65.6 Å². The number of carbonyl (C=O) groups excluding carboxylic acids is 2. The summed E-state index contributed by atoms with van der Waals surface area (Å²) in [7, 11) is 0. The van der Waals surface area contributed by atoms with Gasteiger partial charge in [-0.2, -0.15) is 0 Å². The van der Waals surface area contributed by atoms with E-state index in [9.17, 15) is 14.0 Å². The van der Waals surface area contributed by atoms with Crippen LogP contribution in [0.15, 0.2) is 84.9 Å². The van der Waals surface area contributed by atoms with E-state index in [2.05, 4.69) is 0 Å². The minimum Gasteiger partial charge on any atom is -0.439 e. The predicted octanol–water partition coefficient (Wildman–Crippen LogP) is 4.59. The van der Waals surface area contributed by atoms with Crippen LogP contribution < -0.4 is 9.80 Å². The number of hydrogen-bond donors (Lipinski definition) is 0. The normalized spacial score (nSPS) is 20.3. The number of likely N-dealkylation sites (tertiary alicyclic amines) is 1. The number of anilines is 3. The van der Waals surface area contributed by atoms with Crippen molar-refractivity contribution in [1.29, 1.82) is 0 Å². The molecule has 1 unspecified atom stereocenters. The fraction of sp³-hybridized carbons (Fsp3) is 0.231. The van der Waals surface area contributed by atoms with Crippen LogP contribution in [0.3, 0.4) is 0 Å². The van der Waals surface area contributed by atoms with Crippen molar-refractivity contribution in [2.75, 3.05) is 36.0 Å². The molecule has 0 bridgehead atoms. The summed E-state index contributed by atoms with van der Waals surface area (Å²) in [4.78, 5) is 31.2. The lowest BCUT2D eigenvalue weighted by molar-refractivity contribution is -0.118. The molecule has 0 N–H and O–H groups in total. The Hall–Kier alpha value is -3.71. The van der Waals surface area contributed by atoms with Crippen molar-refractivity contribution < 1.29 is 18.7 Å². The van der Waals surface area contributed by atoms with Gasteiger partial charge in [-0.25, -0.2) is 9.18 Å². The van der Waals surface area contributed by atoms with Crippen LogP contribution in [0.2, 0.25) is 0 Å². The van der Waals surface area contributed by atoms with E-state index in [1.54, 1.807) is 17.0 Å². The Kier molecular flexibility index (Phi) is 5.56. The molecule has 0 aliphatic carbocycles. The topological polar surface area (TPSA) is 53.1 Å². The lowest BCUT2D eigenvalue weighted by atomic mass is 10.0. The first-order chi connectivity index (χ1) is 16.0. The zero-order valence-corrected chi connectivity index (χ0v) is 18.1. The molecule has 5 rings (SSSR count). The molecular weight excluding hydrogens is 421 g/mol. The lowest BCUT2D eigenvalue weighted by Crippen LogP contribution is -2.41. The Morgan fingerprint density at radius 3 is 2.24 bits per heavy atom. The highest BCUT2D eigenvalue weighted by Crippen LogP contribution is 2.35. The largest absolute Gasteiger partial charge is 0.439 e. The molecule has 2 heterocycles.